The summed E-state index contributed by atoms with van der Waals surface area (Å²) >= 11 is 6.08. The largest absolute Gasteiger partial charge is 0.339 e. The van der Waals surface area contributed by atoms with Crippen LogP contribution in [0, 0.1) is 0 Å². The molecule has 0 unspecified atom stereocenters. The lowest BCUT2D eigenvalue weighted by atomic mass is 10.2. The molecule has 0 aliphatic carbocycles. The number of benzene rings is 1. The van der Waals surface area contributed by atoms with Crippen molar-refractivity contribution in [2.24, 2.45) is 12.8 Å². The van der Waals surface area contributed by atoms with Crippen molar-refractivity contribution in [1.29, 1.82) is 0 Å². The molecule has 2 N–H and O–H groups in total. The predicted octanol–water partition coefficient (Wildman–Crippen LogP) is 1.93. The van der Waals surface area contributed by atoms with Crippen LogP contribution in [-0.2, 0) is 20.1 Å². The highest BCUT2D eigenvalue weighted by Gasteiger charge is 2.10. The zero-order chi connectivity index (χ0) is 13.4. The number of rotatable bonds is 3. The molecule has 0 spiro atoms. The molecular weight excluding hydrogens is 262 g/mol. The molecule has 3 rings (SSSR count). The van der Waals surface area contributed by atoms with Crippen LogP contribution in [0.3, 0.4) is 0 Å². The Balaban J connectivity index is 2.12. The highest BCUT2D eigenvalue weighted by atomic mass is 35.5. The zero-order valence-corrected chi connectivity index (χ0v) is 11.3. The minimum atomic E-state index is 0.504. The minimum Gasteiger partial charge on any atom is -0.339 e. The van der Waals surface area contributed by atoms with E-state index in [1.54, 1.807) is 11.0 Å². The van der Waals surface area contributed by atoms with Crippen molar-refractivity contribution in [2.45, 2.75) is 13.1 Å². The topological polar surface area (TPSA) is 61.7 Å². The molecule has 0 saturated carbocycles. The number of hydrogen-bond donors (Lipinski definition) is 1. The Labute approximate surface area is 115 Å². The number of aryl methyl sites for hydroxylation is 1. The van der Waals surface area contributed by atoms with Crippen molar-refractivity contribution in [2.75, 3.05) is 0 Å². The summed E-state index contributed by atoms with van der Waals surface area (Å²) in [5.74, 6) is 0.889. The van der Waals surface area contributed by atoms with Crippen LogP contribution in [0.5, 0.6) is 0 Å². The summed E-state index contributed by atoms with van der Waals surface area (Å²) in [4.78, 5) is 4.24. The summed E-state index contributed by atoms with van der Waals surface area (Å²) in [5.41, 5.74) is 7.96. The van der Waals surface area contributed by atoms with E-state index in [4.69, 9.17) is 17.3 Å². The van der Waals surface area contributed by atoms with Gasteiger partial charge in [-0.05, 0) is 17.7 Å². The van der Waals surface area contributed by atoms with E-state index in [2.05, 4.69) is 20.8 Å². The van der Waals surface area contributed by atoms with E-state index in [0.29, 0.717) is 18.1 Å². The van der Waals surface area contributed by atoms with Crippen LogP contribution in [0.25, 0.3) is 10.9 Å². The van der Waals surface area contributed by atoms with Crippen molar-refractivity contribution in [3.63, 3.8) is 0 Å². The number of hydrogen-bond acceptors (Lipinski definition) is 3. The van der Waals surface area contributed by atoms with Gasteiger partial charge in [0.15, 0.2) is 0 Å². The Bertz CT molecular complexity index is 728. The molecule has 2 aromatic heterocycles. The first-order valence-electron chi connectivity index (χ1n) is 5.99. The minimum absolute atomic E-state index is 0.504. The predicted molar refractivity (Wildman–Crippen MR) is 74.9 cm³/mol. The summed E-state index contributed by atoms with van der Waals surface area (Å²) in [6.07, 6.45) is 3.60. The van der Waals surface area contributed by atoms with Gasteiger partial charge in [0, 0.05) is 30.2 Å². The lowest BCUT2D eigenvalue weighted by molar-refractivity contribution is 0.663. The molecule has 2 heterocycles. The third-order valence-electron chi connectivity index (χ3n) is 3.26. The molecule has 98 valence electrons. The maximum absolute atomic E-state index is 6.08. The number of fused-ring (bicyclic) bond motifs is 1. The number of nitrogens with zero attached hydrogens (tertiary/aromatic N) is 4. The van der Waals surface area contributed by atoms with Gasteiger partial charge in [0.05, 0.1) is 12.1 Å². The molecule has 0 aliphatic heterocycles. The third kappa shape index (κ3) is 2.11. The van der Waals surface area contributed by atoms with Gasteiger partial charge in [-0.2, -0.15) is 5.10 Å². The second kappa shape index (κ2) is 4.68. The Hall–Kier alpha value is -1.85. The van der Waals surface area contributed by atoms with E-state index >= 15 is 0 Å². The fraction of sp³-hybridized carbons (Fsp3) is 0.231. The van der Waals surface area contributed by atoms with Gasteiger partial charge in [-0.15, -0.1) is 0 Å². The standard InChI is InChI=1S/C13H14ClN5/c1-18-13(16-8-17-18)7-19-6-9(5-15)11-3-2-10(14)4-12(11)19/h2-4,6,8H,5,7,15H2,1H3. The fourth-order valence-corrected chi connectivity index (χ4v) is 2.42. The lowest BCUT2D eigenvalue weighted by Crippen LogP contribution is -2.06. The number of aromatic nitrogens is 4. The van der Waals surface area contributed by atoms with E-state index < -0.39 is 0 Å². The highest BCUT2D eigenvalue weighted by Crippen LogP contribution is 2.25. The molecule has 5 nitrogen and oxygen atoms in total. The zero-order valence-electron chi connectivity index (χ0n) is 10.5. The molecule has 6 heteroatoms. The average molecular weight is 276 g/mol. The van der Waals surface area contributed by atoms with Crippen molar-refractivity contribution >= 4 is 22.5 Å². The van der Waals surface area contributed by atoms with E-state index in [0.717, 1.165) is 22.3 Å². The first-order chi connectivity index (χ1) is 9.19. The van der Waals surface area contributed by atoms with Crippen LogP contribution in [0.15, 0.2) is 30.7 Å². The molecule has 0 atom stereocenters. The van der Waals surface area contributed by atoms with Gasteiger partial charge < -0.3 is 10.3 Å². The van der Waals surface area contributed by atoms with Gasteiger partial charge in [0.2, 0.25) is 0 Å². The second-order valence-corrected chi connectivity index (χ2v) is 4.88. The van der Waals surface area contributed by atoms with Crippen molar-refractivity contribution in [1.82, 2.24) is 19.3 Å². The van der Waals surface area contributed by atoms with Gasteiger partial charge >= 0.3 is 0 Å². The van der Waals surface area contributed by atoms with E-state index in [1.807, 2.05) is 25.2 Å². The average Bonchev–Trinajstić information content (AvgIpc) is 2.95. The first kappa shape index (κ1) is 12.2. The first-order valence-corrected chi connectivity index (χ1v) is 6.37. The monoisotopic (exact) mass is 275 g/mol. The van der Waals surface area contributed by atoms with Gasteiger partial charge in [-0.1, -0.05) is 17.7 Å². The molecule has 1 aromatic carbocycles. The van der Waals surface area contributed by atoms with Crippen LogP contribution < -0.4 is 5.73 Å². The Morgan fingerprint density at radius 2 is 2.21 bits per heavy atom. The molecular formula is C13H14ClN5. The Kier molecular flexibility index (Phi) is 3.00. The summed E-state index contributed by atoms with van der Waals surface area (Å²) in [6.45, 7) is 1.15. The molecule has 0 fully saturated rings. The van der Waals surface area contributed by atoms with Crippen LogP contribution >= 0.6 is 11.6 Å². The lowest BCUT2D eigenvalue weighted by Gasteiger charge is -2.04. The summed E-state index contributed by atoms with van der Waals surface area (Å²) in [5, 5.41) is 5.93. The second-order valence-electron chi connectivity index (χ2n) is 4.45. The fourth-order valence-electron chi connectivity index (χ4n) is 2.25. The molecule has 0 radical (unpaired) electrons. The van der Waals surface area contributed by atoms with Crippen molar-refractivity contribution in [3.8, 4) is 0 Å². The van der Waals surface area contributed by atoms with Crippen LogP contribution in [0.4, 0.5) is 0 Å². The van der Waals surface area contributed by atoms with Crippen LogP contribution in [-0.4, -0.2) is 19.3 Å². The molecule has 0 saturated heterocycles. The van der Waals surface area contributed by atoms with Crippen LogP contribution in [0.2, 0.25) is 5.02 Å². The van der Waals surface area contributed by atoms with E-state index in [-0.39, 0.29) is 0 Å². The third-order valence-corrected chi connectivity index (χ3v) is 3.50. The summed E-state index contributed by atoms with van der Waals surface area (Å²) in [6, 6.07) is 5.84. The quantitative estimate of drug-likeness (QED) is 0.794. The van der Waals surface area contributed by atoms with Gasteiger partial charge in [0.25, 0.3) is 0 Å². The van der Waals surface area contributed by atoms with Crippen LogP contribution in [0.1, 0.15) is 11.4 Å². The van der Waals surface area contributed by atoms with Crippen molar-refractivity contribution in [3.05, 3.63) is 47.1 Å². The van der Waals surface area contributed by atoms with Gasteiger partial charge in [-0.3, -0.25) is 4.68 Å². The Morgan fingerprint density at radius 3 is 2.89 bits per heavy atom. The smallest absolute Gasteiger partial charge is 0.146 e. The van der Waals surface area contributed by atoms with E-state index in [9.17, 15) is 0 Å². The van der Waals surface area contributed by atoms with Gasteiger partial charge in [-0.25, -0.2) is 4.98 Å². The Morgan fingerprint density at radius 1 is 1.37 bits per heavy atom. The normalized spacial score (nSPS) is 11.3. The summed E-state index contributed by atoms with van der Waals surface area (Å²) in [7, 11) is 1.88. The summed E-state index contributed by atoms with van der Waals surface area (Å²) < 4.78 is 3.87. The van der Waals surface area contributed by atoms with E-state index in [1.165, 1.54) is 0 Å². The maximum Gasteiger partial charge on any atom is 0.146 e. The SMILES string of the molecule is Cn1ncnc1Cn1cc(CN)c2ccc(Cl)cc21. The van der Waals surface area contributed by atoms with Gasteiger partial charge in [0.1, 0.15) is 12.2 Å². The number of nitrogens with two attached hydrogens (primary N) is 1. The molecule has 0 amide bonds. The number of halogens is 1. The highest BCUT2D eigenvalue weighted by molar-refractivity contribution is 6.31. The maximum atomic E-state index is 6.08. The molecule has 0 bridgehead atoms. The molecule has 3 aromatic rings. The molecule has 19 heavy (non-hydrogen) atoms. The molecule has 0 aliphatic rings. The van der Waals surface area contributed by atoms with Crippen molar-refractivity contribution < 1.29 is 0 Å².